The highest BCUT2D eigenvalue weighted by Crippen LogP contribution is 2.21. The second-order valence-electron chi connectivity index (χ2n) is 5.17. The van der Waals surface area contributed by atoms with Gasteiger partial charge in [-0.25, -0.2) is 9.18 Å². The molecule has 5 nitrogen and oxygen atoms in total. The molecule has 0 saturated carbocycles. The predicted octanol–water partition coefficient (Wildman–Crippen LogP) is 2.90. The van der Waals surface area contributed by atoms with Crippen LogP contribution < -0.4 is 15.4 Å². The number of aliphatic hydroxyl groups excluding tert-OH is 1. The summed E-state index contributed by atoms with van der Waals surface area (Å²) in [5, 5.41) is 13.9. The van der Waals surface area contributed by atoms with Gasteiger partial charge in [-0.05, 0) is 45.7 Å². The Morgan fingerprint density at radius 3 is 2.67 bits per heavy atom. The van der Waals surface area contributed by atoms with E-state index >= 15 is 0 Å². The van der Waals surface area contributed by atoms with Gasteiger partial charge in [-0.2, -0.15) is 0 Å². The highest BCUT2D eigenvalue weighted by Gasteiger charge is 2.11. The van der Waals surface area contributed by atoms with Gasteiger partial charge in [-0.1, -0.05) is 0 Å². The lowest BCUT2D eigenvalue weighted by atomic mass is 10.2. The van der Waals surface area contributed by atoms with Crippen molar-refractivity contribution in [2.24, 2.45) is 0 Å². The molecule has 1 unspecified atom stereocenters. The molecule has 0 bridgehead atoms. The molecule has 118 valence electrons. The standard InChI is InChI=1S/C15H23FN2O3/c1-10(2)21-12-6-7-14(13(16)9-12)18-15(20)17-11(3)5-4-8-19/h6-7,9-11,19H,4-5,8H2,1-3H3,(H2,17,18,20). The van der Waals surface area contributed by atoms with E-state index in [0.717, 1.165) is 0 Å². The van der Waals surface area contributed by atoms with Gasteiger partial charge < -0.3 is 20.5 Å². The fraction of sp³-hybridized carbons (Fsp3) is 0.533. The van der Waals surface area contributed by atoms with Crippen LogP contribution in [0.5, 0.6) is 5.75 Å². The topological polar surface area (TPSA) is 70.6 Å². The number of amides is 2. The summed E-state index contributed by atoms with van der Waals surface area (Å²) >= 11 is 0. The van der Waals surface area contributed by atoms with Gasteiger partial charge in [0.25, 0.3) is 0 Å². The Balaban J connectivity index is 2.56. The van der Waals surface area contributed by atoms with E-state index in [1.807, 2.05) is 20.8 Å². The Morgan fingerprint density at radius 2 is 2.10 bits per heavy atom. The molecule has 0 aliphatic carbocycles. The molecule has 3 N–H and O–H groups in total. The summed E-state index contributed by atoms with van der Waals surface area (Å²) in [6.45, 7) is 5.61. The molecule has 0 radical (unpaired) electrons. The maximum Gasteiger partial charge on any atom is 0.319 e. The first kappa shape index (κ1) is 17.2. The third kappa shape index (κ3) is 6.44. The largest absolute Gasteiger partial charge is 0.491 e. The second kappa shape index (κ2) is 8.46. The minimum Gasteiger partial charge on any atom is -0.491 e. The smallest absolute Gasteiger partial charge is 0.319 e. The molecule has 0 heterocycles. The summed E-state index contributed by atoms with van der Waals surface area (Å²) in [7, 11) is 0. The molecule has 0 aromatic heterocycles. The zero-order valence-electron chi connectivity index (χ0n) is 12.6. The highest BCUT2D eigenvalue weighted by molar-refractivity contribution is 5.89. The van der Waals surface area contributed by atoms with Gasteiger partial charge in [0.15, 0.2) is 0 Å². The molecule has 0 saturated heterocycles. The number of nitrogens with one attached hydrogen (secondary N) is 2. The fourth-order valence-corrected chi connectivity index (χ4v) is 1.79. The van der Waals surface area contributed by atoms with E-state index in [9.17, 15) is 9.18 Å². The van der Waals surface area contributed by atoms with Crippen molar-refractivity contribution in [3.8, 4) is 5.75 Å². The number of anilines is 1. The van der Waals surface area contributed by atoms with Crippen molar-refractivity contribution >= 4 is 11.7 Å². The number of hydrogen-bond acceptors (Lipinski definition) is 3. The SMILES string of the molecule is CC(CCCO)NC(=O)Nc1ccc(OC(C)C)cc1F. The van der Waals surface area contributed by atoms with E-state index in [0.29, 0.717) is 18.6 Å². The van der Waals surface area contributed by atoms with Crippen molar-refractivity contribution < 1.29 is 19.0 Å². The fourth-order valence-electron chi connectivity index (χ4n) is 1.79. The van der Waals surface area contributed by atoms with Crippen LogP contribution in [0.4, 0.5) is 14.9 Å². The van der Waals surface area contributed by atoms with E-state index in [1.54, 1.807) is 6.07 Å². The highest BCUT2D eigenvalue weighted by atomic mass is 19.1. The summed E-state index contributed by atoms with van der Waals surface area (Å²) in [4.78, 5) is 11.7. The number of carbonyl (C=O) groups excluding carboxylic acids is 1. The molecule has 1 rings (SSSR count). The molecule has 0 fully saturated rings. The third-order valence-corrected chi connectivity index (χ3v) is 2.73. The normalized spacial score (nSPS) is 12.1. The Bertz CT molecular complexity index is 466. The number of rotatable bonds is 7. The van der Waals surface area contributed by atoms with E-state index in [-0.39, 0.29) is 24.4 Å². The van der Waals surface area contributed by atoms with E-state index in [4.69, 9.17) is 9.84 Å². The van der Waals surface area contributed by atoms with Crippen LogP contribution >= 0.6 is 0 Å². The molecule has 1 aromatic carbocycles. The van der Waals surface area contributed by atoms with Crippen LogP contribution in [0.2, 0.25) is 0 Å². The first-order chi connectivity index (χ1) is 9.92. The van der Waals surface area contributed by atoms with E-state index in [2.05, 4.69) is 10.6 Å². The summed E-state index contributed by atoms with van der Waals surface area (Å²) in [5.74, 6) is -0.129. The molecule has 0 aliphatic rings. The van der Waals surface area contributed by atoms with Crippen molar-refractivity contribution in [1.29, 1.82) is 0 Å². The van der Waals surface area contributed by atoms with Gasteiger partial charge in [0, 0.05) is 18.7 Å². The molecule has 1 aromatic rings. The summed E-state index contributed by atoms with van der Waals surface area (Å²) < 4.78 is 19.2. The Kier molecular flexibility index (Phi) is 6.94. The van der Waals surface area contributed by atoms with Gasteiger partial charge >= 0.3 is 6.03 Å². The van der Waals surface area contributed by atoms with Crippen molar-refractivity contribution in [1.82, 2.24) is 5.32 Å². The van der Waals surface area contributed by atoms with Gasteiger partial charge in [-0.15, -0.1) is 0 Å². The van der Waals surface area contributed by atoms with Gasteiger partial charge in [0.1, 0.15) is 11.6 Å². The number of carbonyl (C=O) groups is 1. The molecule has 2 amide bonds. The van der Waals surface area contributed by atoms with Crippen molar-refractivity contribution in [3.63, 3.8) is 0 Å². The average Bonchev–Trinajstić information content (AvgIpc) is 2.39. The van der Waals surface area contributed by atoms with Crippen molar-refractivity contribution in [2.45, 2.75) is 45.8 Å². The van der Waals surface area contributed by atoms with Crippen LogP contribution in [0.15, 0.2) is 18.2 Å². The number of halogens is 1. The minimum absolute atomic E-state index is 0.0427. The van der Waals surface area contributed by atoms with Crippen molar-refractivity contribution in [2.75, 3.05) is 11.9 Å². The molecule has 6 heteroatoms. The molecule has 0 spiro atoms. The van der Waals surface area contributed by atoms with Crippen LogP contribution in [0, 0.1) is 5.82 Å². The van der Waals surface area contributed by atoms with Gasteiger partial charge in [-0.3, -0.25) is 0 Å². The maximum absolute atomic E-state index is 13.8. The van der Waals surface area contributed by atoms with Crippen LogP contribution in [0.25, 0.3) is 0 Å². The zero-order chi connectivity index (χ0) is 15.8. The van der Waals surface area contributed by atoms with Crippen LogP contribution in [0.3, 0.4) is 0 Å². The van der Waals surface area contributed by atoms with E-state index < -0.39 is 11.8 Å². The molecular weight excluding hydrogens is 275 g/mol. The summed E-state index contributed by atoms with van der Waals surface area (Å²) in [6.07, 6.45) is 1.23. The molecule has 0 aliphatic heterocycles. The predicted molar refractivity (Wildman–Crippen MR) is 80.1 cm³/mol. The summed E-state index contributed by atoms with van der Waals surface area (Å²) in [6, 6.07) is 3.74. The Labute approximate surface area is 124 Å². The number of aliphatic hydroxyl groups is 1. The van der Waals surface area contributed by atoms with Gasteiger partial charge in [0.05, 0.1) is 11.8 Å². The molecular formula is C15H23FN2O3. The molecule has 21 heavy (non-hydrogen) atoms. The number of benzene rings is 1. The number of ether oxygens (including phenoxy) is 1. The lowest BCUT2D eigenvalue weighted by Gasteiger charge is -2.15. The zero-order valence-corrected chi connectivity index (χ0v) is 12.6. The minimum atomic E-state index is -0.550. The lowest BCUT2D eigenvalue weighted by molar-refractivity contribution is 0.241. The Morgan fingerprint density at radius 1 is 1.38 bits per heavy atom. The lowest BCUT2D eigenvalue weighted by Crippen LogP contribution is -2.36. The first-order valence-electron chi connectivity index (χ1n) is 7.07. The van der Waals surface area contributed by atoms with Crippen LogP contribution in [-0.4, -0.2) is 29.9 Å². The molecule has 1 atom stereocenters. The maximum atomic E-state index is 13.8. The van der Waals surface area contributed by atoms with Crippen molar-refractivity contribution in [3.05, 3.63) is 24.0 Å². The van der Waals surface area contributed by atoms with Crippen LogP contribution in [-0.2, 0) is 0 Å². The Hall–Kier alpha value is -1.82. The quantitative estimate of drug-likeness (QED) is 0.725. The van der Waals surface area contributed by atoms with Gasteiger partial charge in [0.2, 0.25) is 0 Å². The number of urea groups is 1. The average molecular weight is 298 g/mol. The summed E-state index contributed by atoms with van der Waals surface area (Å²) in [5.41, 5.74) is 0.0953. The monoisotopic (exact) mass is 298 g/mol. The van der Waals surface area contributed by atoms with E-state index in [1.165, 1.54) is 12.1 Å². The van der Waals surface area contributed by atoms with Crippen LogP contribution in [0.1, 0.15) is 33.6 Å². The first-order valence-corrected chi connectivity index (χ1v) is 7.07. The number of hydrogen-bond donors (Lipinski definition) is 3. The second-order valence-corrected chi connectivity index (χ2v) is 5.17. The third-order valence-electron chi connectivity index (χ3n) is 2.73.